The second-order valence-electron chi connectivity index (χ2n) is 5.59. The lowest BCUT2D eigenvalue weighted by Crippen LogP contribution is -2.28. The number of aromatic nitrogens is 3. The number of nitrogens with two attached hydrogens (primary N) is 1. The van der Waals surface area contributed by atoms with Crippen molar-refractivity contribution in [2.24, 2.45) is 11.7 Å². The largest absolute Gasteiger partial charge is 0.326 e. The molecule has 2 atom stereocenters. The smallest absolute Gasteiger partial charge is 0.0971 e. The molecule has 112 valence electrons. The van der Waals surface area contributed by atoms with E-state index in [9.17, 15) is 0 Å². The molecule has 21 heavy (non-hydrogen) atoms. The third-order valence-electron chi connectivity index (χ3n) is 3.84. The summed E-state index contributed by atoms with van der Waals surface area (Å²) < 4.78 is 1.71. The maximum atomic E-state index is 6.04. The summed E-state index contributed by atoms with van der Waals surface area (Å²) in [4.78, 5) is 2.30. The summed E-state index contributed by atoms with van der Waals surface area (Å²) >= 11 is 11.9. The molecule has 1 aromatic heterocycles. The summed E-state index contributed by atoms with van der Waals surface area (Å²) in [7, 11) is 0. The van der Waals surface area contributed by atoms with Gasteiger partial charge < -0.3 is 5.73 Å². The van der Waals surface area contributed by atoms with Crippen LogP contribution in [0.5, 0.6) is 0 Å². The molecule has 0 amide bonds. The summed E-state index contributed by atoms with van der Waals surface area (Å²) in [5, 5.41) is 9.39. The van der Waals surface area contributed by atoms with Crippen molar-refractivity contribution in [2.75, 3.05) is 13.1 Å². The fourth-order valence-electron chi connectivity index (χ4n) is 2.58. The van der Waals surface area contributed by atoms with Crippen molar-refractivity contribution in [1.29, 1.82) is 0 Å². The van der Waals surface area contributed by atoms with Crippen LogP contribution in [0.15, 0.2) is 24.4 Å². The van der Waals surface area contributed by atoms with Crippen LogP contribution in [-0.4, -0.2) is 39.0 Å². The van der Waals surface area contributed by atoms with Crippen molar-refractivity contribution < 1.29 is 0 Å². The highest BCUT2D eigenvalue weighted by Gasteiger charge is 2.26. The average molecular weight is 326 g/mol. The van der Waals surface area contributed by atoms with E-state index in [4.69, 9.17) is 28.9 Å². The van der Waals surface area contributed by atoms with Gasteiger partial charge in [0.15, 0.2) is 0 Å². The average Bonchev–Trinajstić information content (AvgIpc) is 3.01. The Bertz CT molecular complexity index is 632. The van der Waals surface area contributed by atoms with Crippen molar-refractivity contribution in [1.82, 2.24) is 19.9 Å². The van der Waals surface area contributed by atoms with Crippen LogP contribution < -0.4 is 5.73 Å². The number of halogens is 2. The molecule has 2 heterocycles. The van der Waals surface area contributed by atoms with Gasteiger partial charge in [-0.2, -0.15) is 0 Å². The maximum absolute atomic E-state index is 6.04. The van der Waals surface area contributed by atoms with E-state index in [1.54, 1.807) is 16.8 Å². The molecular formula is C14H17Cl2N5. The topological polar surface area (TPSA) is 60.0 Å². The van der Waals surface area contributed by atoms with Crippen molar-refractivity contribution >= 4 is 23.2 Å². The van der Waals surface area contributed by atoms with Gasteiger partial charge in [0.1, 0.15) is 0 Å². The molecule has 0 saturated carbocycles. The number of rotatable bonds is 3. The molecule has 0 aliphatic carbocycles. The molecule has 1 aliphatic heterocycles. The number of nitrogens with zero attached hydrogens (tertiary/aromatic N) is 4. The lowest BCUT2D eigenvalue weighted by molar-refractivity contribution is 0.315. The number of hydrogen-bond donors (Lipinski definition) is 1. The van der Waals surface area contributed by atoms with Crippen LogP contribution in [0.4, 0.5) is 0 Å². The first-order valence-corrected chi connectivity index (χ1v) is 7.63. The Kier molecular flexibility index (Phi) is 4.17. The van der Waals surface area contributed by atoms with Crippen LogP contribution >= 0.6 is 23.2 Å². The number of benzene rings is 1. The van der Waals surface area contributed by atoms with Crippen LogP contribution in [0.3, 0.4) is 0 Å². The Morgan fingerprint density at radius 1 is 1.29 bits per heavy atom. The molecule has 1 saturated heterocycles. The Morgan fingerprint density at radius 2 is 2.10 bits per heavy atom. The van der Waals surface area contributed by atoms with E-state index in [0.717, 1.165) is 31.0 Å². The minimum Gasteiger partial charge on any atom is -0.326 e. The van der Waals surface area contributed by atoms with Crippen LogP contribution in [0, 0.1) is 5.92 Å². The zero-order valence-corrected chi connectivity index (χ0v) is 13.2. The zero-order chi connectivity index (χ0) is 15.0. The fraction of sp³-hybridized carbons (Fsp3) is 0.429. The van der Waals surface area contributed by atoms with E-state index in [1.165, 1.54) is 0 Å². The molecule has 0 radical (unpaired) electrons. The number of hydrogen-bond acceptors (Lipinski definition) is 4. The molecule has 5 nitrogen and oxygen atoms in total. The summed E-state index contributed by atoms with van der Waals surface area (Å²) in [6.45, 7) is 4.85. The van der Waals surface area contributed by atoms with Gasteiger partial charge in [0.2, 0.25) is 0 Å². The van der Waals surface area contributed by atoms with Gasteiger partial charge in [-0.1, -0.05) is 35.3 Å². The lowest BCUT2D eigenvalue weighted by atomic mass is 10.1. The SMILES string of the molecule is CC1CN(Cc2cn(-c3ccc(Cl)c(Cl)c3)nn2)CC1N. The first-order valence-electron chi connectivity index (χ1n) is 6.87. The predicted molar refractivity (Wildman–Crippen MR) is 83.8 cm³/mol. The zero-order valence-electron chi connectivity index (χ0n) is 11.7. The molecular weight excluding hydrogens is 309 g/mol. The van der Waals surface area contributed by atoms with E-state index in [-0.39, 0.29) is 6.04 Å². The molecule has 2 N–H and O–H groups in total. The maximum Gasteiger partial charge on any atom is 0.0971 e. The van der Waals surface area contributed by atoms with Gasteiger partial charge in [-0.05, 0) is 24.1 Å². The Hall–Kier alpha value is -1.14. The molecule has 3 rings (SSSR count). The third kappa shape index (κ3) is 3.21. The quantitative estimate of drug-likeness (QED) is 0.941. The van der Waals surface area contributed by atoms with Crippen LogP contribution in [0.1, 0.15) is 12.6 Å². The predicted octanol–water partition coefficient (Wildman–Crippen LogP) is 2.35. The summed E-state index contributed by atoms with van der Waals surface area (Å²) in [5.74, 6) is 0.523. The highest BCUT2D eigenvalue weighted by atomic mass is 35.5. The summed E-state index contributed by atoms with van der Waals surface area (Å²) in [5.41, 5.74) is 7.80. The molecule has 0 bridgehead atoms. The van der Waals surface area contributed by atoms with Gasteiger partial charge in [-0.15, -0.1) is 5.10 Å². The Labute approximate surface area is 133 Å². The molecule has 7 heteroatoms. The Morgan fingerprint density at radius 3 is 2.76 bits per heavy atom. The van der Waals surface area contributed by atoms with Crippen LogP contribution in [-0.2, 0) is 6.54 Å². The van der Waals surface area contributed by atoms with Crippen molar-refractivity contribution in [3.63, 3.8) is 0 Å². The van der Waals surface area contributed by atoms with Gasteiger partial charge in [0.25, 0.3) is 0 Å². The van der Waals surface area contributed by atoms with Crippen molar-refractivity contribution in [2.45, 2.75) is 19.5 Å². The minimum absolute atomic E-state index is 0.245. The van der Waals surface area contributed by atoms with E-state index >= 15 is 0 Å². The highest BCUT2D eigenvalue weighted by Crippen LogP contribution is 2.24. The summed E-state index contributed by atoms with van der Waals surface area (Å²) in [6, 6.07) is 5.63. The van der Waals surface area contributed by atoms with Crippen LogP contribution in [0.25, 0.3) is 5.69 Å². The monoisotopic (exact) mass is 325 g/mol. The van der Waals surface area contributed by atoms with Crippen molar-refractivity contribution in [3.8, 4) is 5.69 Å². The second-order valence-corrected chi connectivity index (χ2v) is 6.40. The molecule has 1 aliphatic rings. The fourth-order valence-corrected chi connectivity index (χ4v) is 2.87. The lowest BCUT2D eigenvalue weighted by Gasteiger charge is -2.12. The van der Waals surface area contributed by atoms with Gasteiger partial charge >= 0.3 is 0 Å². The molecule has 2 aromatic rings. The van der Waals surface area contributed by atoms with E-state index in [2.05, 4.69) is 22.1 Å². The molecule has 1 aromatic carbocycles. The molecule has 2 unspecified atom stereocenters. The van der Waals surface area contributed by atoms with Crippen LogP contribution in [0.2, 0.25) is 10.0 Å². The normalized spacial score (nSPS) is 22.9. The van der Waals surface area contributed by atoms with Gasteiger partial charge in [0, 0.05) is 25.7 Å². The van der Waals surface area contributed by atoms with E-state index in [0.29, 0.717) is 16.0 Å². The van der Waals surface area contributed by atoms with E-state index in [1.807, 2.05) is 12.3 Å². The molecule has 1 fully saturated rings. The third-order valence-corrected chi connectivity index (χ3v) is 4.58. The standard InChI is InChI=1S/C14H17Cl2N5/c1-9-5-20(8-14(9)17)6-10-7-21(19-18-10)11-2-3-12(15)13(16)4-11/h2-4,7,9,14H,5-6,8,17H2,1H3. The minimum atomic E-state index is 0.245. The highest BCUT2D eigenvalue weighted by molar-refractivity contribution is 6.42. The second kappa shape index (κ2) is 5.93. The Balaban J connectivity index is 1.73. The van der Waals surface area contributed by atoms with Gasteiger partial charge in [-0.25, -0.2) is 4.68 Å². The first kappa shape index (κ1) is 14.8. The van der Waals surface area contributed by atoms with Gasteiger partial charge in [-0.3, -0.25) is 4.90 Å². The van der Waals surface area contributed by atoms with Gasteiger partial charge in [0.05, 0.1) is 27.6 Å². The van der Waals surface area contributed by atoms with E-state index < -0.39 is 0 Å². The molecule has 0 spiro atoms. The van der Waals surface area contributed by atoms with Crippen molar-refractivity contribution in [3.05, 3.63) is 40.1 Å². The number of likely N-dealkylation sites (tertiary alicyclic amines) is 1. The summed E-state index contributed by atoms with van der Waals surface area (Å²) in [6.07, 6.45) is 1.91. The first-order chi connectivity index (χ1) is 10.0.